The Morgan fingerprint density at radius 2 is 1.79 bits per heavy atom. The Balaban J connectivity index is 3.01. The largest absolute Gasteiger partial charge is 0.299 e. The van der Waals surface area contributed by atoms with Crippen LogP contribution in [0.3, 0.4) is 0 Å². The topological polar surface area (TPSA) is 34.1 Å². The van der Waals surface area contributed by atoms with Gasteiger partial charge in [-0.1, -0.05) is 37.3 Å². The highest BCUT2D eigenvalue weighted by atomic mass is 16.1. The van der Waals surface area contributed by atoms with Crippen molar-refractivity contribution < 1.29 is 9.59 Å². The third-order valence-corrected chi connectivity index (χ3v) is 2.21. The van der Waals surface area contributed by atoms with Gasteiger partial charge in [0.15, 0.2) is 0 Å². The zero-order valence-corrected chi connectivity index (χ0v) is 8.49. The Kier molecular flexibility index (Phi) is 3.57. The fourth-order valence-electron chi connectivity index (χ4n) is 1.50. The van der Waals surface area contributed by atoms with Gasteiger partial charge in [-0.05, 0) is 12.5 Å². The Morgan fingerprint density at radius 3 is 2.21 bits per heavy atom. The van der Waals surface area contributed by atoms with Crippen molar-refractivity contribution in [2.75, 3.05) is 0 Å². The van der Waals surface area contributed by atoms with Crippen molar-refractivity contribution in [3.63, 3.8) is 0 Å². The van der Waals surface area contributed by atoms with Crippen LogP contribution in [0, 0.1) is 0 Å². The molecule has 0 aliphatic carbocycles. The van der Waals surface area contributed by atoms with Crippen molar-refractivity contribution >= 4 is 11.6 Å². The van der Waals surface area contributed by atoms with Crippen molar-refractivity contribution in [1.82, 2.24) is 0 Å². The zero-order valence-electron chi connectivity index (χ0n) is 8.49. The molecular formula is C12H14O2. The minimum Gasteiger partial charge on any atom is -0.299 e. The lowest BCUT2D eigenvalue weighted by Crippen LogP contribution is -2.18. The summed E-state index contributed by atoms with van der Waals surface area (Å²) in [6, 6.07) is 9.19. The van der Waals surface area contributed by atoms with Crippen LogP contribution < -0.4 is 0 Å². The highest BCUT2D eigenvalue weighted by Gasteiger charge is 2.22. The molecule has 0 radical (unpaired) electrons. The summed E-state index contributed by atoms with van der Waals surface area (Å²) < 4.78 is 0. The van der Waals surface area contributed by atoms with Crippen LogP contribution in [0.5, 0.6) is 0 Å². The predicted molar refractivity (Wildman–Crippen MR) is 55.2 cm³/mol. The van der Waals surface area contributed by atoms with Crippen LogP contribution in [-0.2, 0) is 9.59 Å². The lowest BCUT2D eigenvalue weighted by molar-refractivity contribution is -0.127. The summed E-state index contributed by atoms with van der Waals surface area (Å²) >= 11 is 0. The SMILES string of the molecule is CCC(=O)C(C(C)=O)c1ccccc1. The molecule has 0 fully saturated rings. The average Bonchev–Trinajstić information content (AvgIpc) is 2.19. The van der Waals surface area contributed by atoms with Crippen molar-refractivity contribution in [1.29, 1.82) is 0 Å². The van der Waals surface area contributed by atoms with E-state index in [4.69, 9.17) is 0 Å². The van der Waals surface area contributed by atoms with Crippen molar-refractivity contribution in [2.24, 2.45) is 0 Å². The molecule has 0 saturated heterocycles. The molecule has 1 atom stereocenters. The summed E-state index contributed by atoms with van der Waals surface area (Å²) in [6.45, 7) is 3.24. The Hall–Kier alpha value is -1.44. The zero-order chi connectivity index (χ0) is 10.6. The summed E-state index contributed by atoms with van der Waals surface area (Å²) in [7, 11) is 0. The molecule has 1 unspecified atom stereocenters. The van der Waals surface area contributed by atoms with Crippen LogP contribution in [0.1, 0.15) is 31.7 Å². The van der Waals surface area contributed by atoms with Gasteiger partial charge in [0.25, 0.3) is 0 Å². The first-order valence-electron chi connectivity index (χ1n) is 4.75. The number of Topliss-reactive ketones (excluding diaryl/α,β-unsaturated/α-hetero) is 2. The summed E-state index contributed by atoms with van der Waals surface area (Å²) in [5, 5.41) is 0. The third-order valence-electron chi connectivity index (χ3n) is 2.21. The van der Waals surface area contributed by atoms with Crippen LogP contribution in [0.15, 0.2) is 30.3 Å². The molecule has 0 spiro atoms. The second-order valence-corrected chi connectivity index (χ2v) is 3.27. The van der Waals surface area contributed by atoms with Gasteiger partial charge in [-0.2, -0.15) is 0 Å². The van der Waals surface area contributed by atoms with Crippen molar-refractivity contribution in [3.8, 4) is 0 Å². The van der Waals surface area contributed by atoms with E-state index >= 15 is 0 Å². The monoisotopic (exact) mass is 190 g/mol. The minimum atomic E-state index is -0.568. The predicted octanol–water partition coefficient (Wildman–Crippen LogP) is 2.34. The highest BCUT2D eigenvalue weighted by molar-refractivity contribution is 6.06. The number of carbonyl (C=O) groups excluding carboxylic acids is 2. The number of carbonyl (C=O) groups is 2. The molecule has 0 N–H and O–H groups in total. The van der Waals surface area contributed by atoms with Crippen LogP contribution in [0.4, 0.5) is 0 Å². The Morgan fingerprint density at radius 1 is 1.21 bits per heavy atom. The molecule has 2 heteroatoms. The van der Waals surface area contributed by atoms with Gasteiger partial charge in [0.1, 0.15) is 17.5 Å². The standard InChI is InChI=1S/C12H14O2/c1-3-11(14)12(9(2)13)10-7-5-4-6-8-10/h4-8,12H,3H2,1-2H3. The van der Waals surface area contributed by atoms with Gasteiger partial charge in [-0.15, -0.1) is 0 Å². The molecule has 2 nitrogen and oxygen atoms in total. The summed E-state index contributed by atoms with van der Waals surface area (Å²) in [4.78, 5) is 22.9. The third kappa shape index (κ3) is 2.28. The molecule has 0 aromatic heterocycles. The van der Waals surface area contributed by atoms with E-state index in [1.165, 1.54) is 6.92 Å². The normalized spacial score (nSPS) is 12.1. The Bertz CT molecular complexity index is 327. The highest BCUT2D eigenvalue weighted by Crippen LogP contribution is 2.18. The first-order chi connectivity index (χ1) is 6.66. The minimum absolute atomic E-state index is 0.0105. The van der Waals surface area contributed by atoms with E-state index in [1.54, 1.807) is 6.92 Å². The summed E-state index contributed by atoms with van der Waals surface area (Å²) in [5.74, 6) is -0.659. The second-order valence-electron chi connectivity index (χ2n) is 3.27. The number of hydrogen-bond donors (Lipinski definition) is 0. The number of rotatable bonds is 4. The maximum atomic E-state index is 11.5. The molecule has 1 aromatic rings. The van der Waals surface area contributed by atoms with Gasteiger partial charge in [-0.3, -0.25) is 9.59 Å². The first kappa shape index (κ1) is 10.6. The smallest absolute Gasteiger partial charge is 0.147 e. The van der Waals surface area contributed by atoms with E-state index in [2.05, 4.69) is 0 Å². The molecule has 0 heterocycles. The van der Waals surface area contributed by atoms with Gasteiger partial charge in [-0.25, -0.2) is 0 Å². The molecule has 0 saturated carbocycles. The molecular weight excluding hydrogens is 176 g/mol. The molecule has 74 valence electrons. The Labute approximate surface area is 83.9 Å². The van der Waals surface area contributed by atoms with Crippen LogP contribution >= 0.6 is 0 Å². The van der Waals surface area contributed by atoms with E-state index in [0.717, 1.165) is 5.56 Å². The number of benzene rings is 1. The van der Waals surface area contributed by atoms with Crippen LogP contribution in [0.25, 0.3) is 0 Å². The fourth-order valence-corrected chi connectivity index (χ4v) is 1.50. The summed E-state index contributed by atoms with van der Waals surface area (Å²) in [5.41, 5.74) is 0.798. The van der Waals surface area contributed by atoms with Gasteiger partial charge < -0.3 is 0 Å². The van der Waals surface area contributed by atoms with Gasteiger partial charge in [0, 0.05) is 6.42 Å². The average molecular weight is 190 g/mol. The maximum Gasteiger partial charge on any atom is 0.147 e. The van der Waals surface area contributed by atoms with E-state index < -0.39 is 5.92 Å². The van der Waals surface area contributed by atoms with E-state index in [-0.39, 0.29) is 11.6 Å². The first-order valence-corrected chi connectivity index (χ1v) is 4.75. The lowest BCUT2D eigenvalue weighted by atomic mass is 9.90. The molecule has 0 aliphatic heterocycles. The van der Waals surface area contributed by atoms with Crippen molar-refractivity contribution in [2.45, 2.75) is 26.2 Å². The molecule has 1 aromatic carbocycles. The molecule has 14 heavy (non-hydrogen) atoms. The molecule has 0 bridgehead atoms. The van der Waals surface area contributed by atoms with Gasteiger partial charge in [0.2, 0.25) is 0 Å². The molecule has 1 rings (SSSR count). The lowest BCUT2D eigenvalue weighted by Gasteiger charge is -2.11. The quantitative estimate of drug-likeness (QED) is 0.683. The van der Waals surface area contributed by atoms with E-state index in [1.807, 2.05) is 30.3 Å². The van der Waals surface area contributed by atoms with Crippen LogP contribution in [-0.4, -0.2) is 11.6 Å². The van der Waals surface area contributed by atoms with E-state index in [9.17, 15) is 9.59 Å². The maximum absolute atomic E-state index is 11.5. The molecule has 0 aliphatic rings. The number of hydrogen-bond acceptors (Lipinski definition) is 2. The second kappa shape index (κ2) is 4.70. The fraction of sp³-hybridized carbons (Fsp3) is 0.333. The van der Waals surface area contributed by atoms with Gasteiger partial charge >= 0.3 is 0 Å². The van der Waals surface area contributed by atoms with Crippen LogP contribution in [0.2, 0.25) is 0 Å². The van der Waals surface area contributed by atoms with Gasteiger partial charge in [0.05, 0.1) is 0 Å². The van der Waals surface area contributed by atoms with Crippen molar-refractivity contribution in [3.05, 3.63) is 35.9 Å². The molecule has 0 amide bonds. The van der Waals surface area contributed by atoms with E-state index in [0.29, 0.717) is 6.42 Å². The number of ketones is 2. The summed E-state index contributed by atoms with van der Waals surface area (Å²) in [6.07, 6.45) is 0.402.